The first-order valence-electron chi connectivity index (χ1n) is 8.32. The highest BCUT2D eigenvalue weighted by molar-refractivity contribution is 5.76. The minimum absolute atomic E-state index is 0.0150. The second-order valence-corrected chi connectivity index (χ2v) is 6.62. The summed E-state index contributed by atoms with van der Waals surface area (Å²) < 4.78 is 1.51. The number of nitrogen functional groups attached to an aromatic ring is 1. The Kier molecular flexibility index (Phi) is 4.85. The lowest BCUT2D eigenvalue weighted by Gasteiger charge is -2.38. The molecule has 2 aromatic rings. The van der Waals surface area contributed by atoms with E-state index in [2.05, 4.69) is 22.5 Å². The van der Waals surface area contributed by atoms with E-state index in [4.69, 9.17) is 5.73 Å². The van der Waals surface area contributed by atoms with Gasteiger partial charge in [-0.3, -0.25) is 4.79 Å². The third-order valence-corrected chi connectivity index (χ3v) is 4.59. The number of hydrogen-bond acceptors (Lipinski definition) is 4. The molecule has 1 heterocycles. The number of anilines is 1. The lowest BCUT2D eigenvalue weighted by atomic mass is 9.75. The second-order valence-electron chi connectivity index (χ2n) is 6.62. The van der Waals surface area contributed by atoms with Crippen molar-refractivity contribution in [2.24, 2.45) is 5.92 Å². The van der Waals surface area contributed by atoms with Crippen molar-refractivity contribution in [3.63, 3.8) is 0 Å². The highest BCUT2D eigenvalue weighted by atomic mass is 16.3. The summed E-state index contributed by atoms with van der Waals surface area (Å²) in [6.45, 7) is 1.96. The number of benzene rings is 1. The molecule has 1 aromatic carbocycles. The molecule has 1 amide bonds. The van der Waals surface area contributed by atoms with E-state index < -0.39 is 0 Å². The number of aryl methyl sites for hydroxylation is 1. The molecule has 128 valence electrons. The van der Waals surface area contributed by atoms with Crippen molar-refractivity contribution >= 4 is 11.7 Å². The number of nitrogens with one attached hydrogen (secondary N) is 1. The first kappa shape index (κ1) is 16.5. The standard InChI is InChI=1S/C18H24N4O2/c1-12-7-17(19)22(21-12)11-18(24)20-16(14-9-15(23)10-14)8-13-5-3-2-4-6-13/h2-7,14-16,23H,8-11,19H2,1H3,(H,20,24)/t14?,15?,16-/m1/s1. The van der Waals surface area contributed by atoms with E-state index in [1.54, 1.807) is 6.07 Å². The average Bonchev–Trinajstić information content (AvgIpc) is 2.82. The first-order chi connectivity index (χ1) is 11.5. The van der Waals surface area contributed by atoms with Gasteiger partial charge in [-0.2, -0.15) is 5.10 Å². The van der Waals surface area contributed by atoms with E-state index in [1.165, 1.54) is 10.2 Å². The van der Waals surface area contributed by atoms with E-state index in [1.807, 2.05) is 25.1 Å². The van der Waals surface area contributed by atoms with Crippen LogP contribution in [-0.2, 0) is 17.8 Å². The molecule has 3 rings (SSSR count). The zero-order valence-electron chi connectivity index (χ0n) is 13.9. The van der Waals surface area contributed by atoms with Gasteiger partial charge in [0, 0.05) is 12.1 Å². The Labute approximate surface area is 141 Å². The molecule has 0 saturated heterocycles. The summed E-state index contributed by atoms with van der Waals surface area (Å²) in [5.41, 5.74) is 7.82. The number of rotatable bonds is 6. The van der Waals surface area contributed by atoms with Crippen LogP contribution in [-0.4, -0.2) is 32.9 Å². The van der Waals surface area contributed by atoms with Gasteiger partial charge in [0.05, 0.1) is 11.8 Å². The SMILES string of the molecule is Cc1cc(N)n(CC(=O)N[C@H](Cc2ccccc2)C2CC(O)C2)n1. The zero-order chi connectivity index (χ0) is 17.1. The van der Waals surface area contributed by atoms with Crippen molar-refractivity contribution < 1.29 is 9.90 Å². The van der Waals surface area contributed by atoms with Gasteiger partial charge < -0.3 is 16.2 Å². The Morgan fingerprint density at radius 2 is 2.12 bits per heavy atom. The van der Waals surface area contributed by atoms with Crippen LogP contribution in [0.25, 0.3) is 0 Å². The quantitative estimate of drug-likeness (QED) is 0.744. The molecule has 24 heavy (non-hydrogen) atoms. The zero-order valence-corrected chi connectivity index (χ0v) is 13.9. The van der Waals surface area contributed by atoms with Gasteiger partial charge in [-0.15, -0.1) is 0 Å². The Hall–Kier alpha value is -2.34. The monoisotopic (exact) mass is 328 g/mol. The van der Waals surface area contributed by atoms with Crippen molar-refractivity contribution in [1.82, 2.24) is 15.1 Å². The van der Waals surface area contributed by atoms with Gasteiger partial charge >= 0.3 is 0 Å². The molecule has 1 atom stereocenters. The molecular formula is C18H24N4O2. The van der Waals surface area contributed by atoms with Crippen LogP contribution in [0.15, 0.2) is 36.4 Å². The van der Waals surface area contributed by atoms with Gasteiger partial charge in [-0.05, 0) is 37.7 Å². The van der Waals surface area contributed by atoms with Crippen LogP contribution in [0.4, 0.5) is 5.82 Å². The van der Waals surface area contributed by atoms with E-state index in [-0.39, 0.29) is 24.6 Å². The van der Waals surface area contributed by atoms with Crippen LogP contribution >= 0.6 is 0 Å². The summed E-state index contributed by atoms with van der Waals surface area (Å²) in [7, 11) is 0. The molecule has 4 N–H and O–H groups in total. The number of nitrogens with zero attached hydrogens (tertiary/aromatic N) is 2. The molecule has 0 unspecified atom stereocenters. The number of aromatic nitrogens is 2. The molecule has 1 saturated carbocycles. The molecule has 6 nitrogen and oxygen atoms in total. The highest BCUT2D eigenvalue weighted by Gasteiger charge is 2.34. The molecule has 1 aliphatic rings. The van der Waals surface area contributed by atoms with Crippen molar-refractivity contribution in [3.8, 4) is 0 Å². The summed E-state index contributed by atoms with van der Waals surface area (Å²) in [5, 5.41) is 16.9. The second kappa shape index (κ2) is 7.05. The summed E-state index contributed by atoms with van der Waals surface area (Å²) in [6.07, 6.45) is 1.99. The fourth-order valence-electron chi connectivity index (χ4n) is 3.24. The van der Waals surface area contributed by atoms with Crippen molar-refractivity contribution in [1.29, 1.82) is 0 Å². The molecule has 0 aliphatic heterocycles. The Balaban J connectivity index is 1.64. The fourth-order valence-corrected chi connectivity index (χ4v) is 3.24. The topological polar surface area (TPSA) is 93.2 Å². The third kappa shape index (κ3) is 3.94. The molecule has 0 radical (unpaired) electrons. The first-order valence-corrected chi connectivity index (χ1v) is 8.32. The number of aliphatic hydroxyl groups is 1. The van der Waals surface area contributed by atoms with Gasteiger partial charge in [0.2, 0.25) is 5.91 Å². The fraction of sp³-hybridized carbons (Fsp3) is 0.444. The number of carbonyl (C=O) groups excluding carboxylic acids is 1. The molecule has 1 fully saturated rings. The average molecular weight is 328 g/mol. The lowest BCUT2D eigenvalue weighted by Crippen LogP contribution is -2.49. The van der Waals surface area contributed by atoms with E-state index in [0.717, 1.165) is 25.0 Å². The van der Waals surface area contributed by atoms with E-state index in [9.17, 15) is 9.90 Å². The number of amides is 1. The largest absolute Gasteiger partial charge is 0.393 e. The van der Waals surface area contributed by atoms with Crippen LogP contribution < -0.4 is 11.1 Å². The number of aliphatic hydroxyl groups excluding tert-OH is 1. The predicted molar refractivity (Wildman–Crippen MR) is 92.2 cm³/mol. The van der Waals surface area contributed by atoms with Gasteiger partial charge in [0.1, 0.15) is 12.4 Å². The molecule has 6 heteroatoms. The maximum absolute atomic E-state index is 12.4. The number of hydrogen-bond donors (Lipinski definition) is 3. The van der Waals surface area contributed by atoms with Crippen molar-refractivity contribution in [3.05, 3.63) is 47.7 Å². The third-order valence-electron chi connectivity index (χ3n) is 4.59. The summed E-state index contributed by atoms with van der Waals surface area (Å²) >= 11 is 0. The van der Waals surface area contributed by atoms with Gasteiger partial charge in [0.25, 0.3) is 0 Å². The number of carbonyl (C=O) groups is 1. The van der Waals surface area contributed by atoms with Crippen LogP contribution in [0, 0.1) is 12.8 Å². The van der Waals surface area contributed by atoms with Crippen LogP contribution in [0.1, 0.15) is 24.1 Å². The predicted octanol–water partition coefficient (Wildman–Crippen LogP) is 1.27. The summed E-state index contributed by atoms with van der Waals surface area (Å²) in [4.78, 5) is 12.4. The maximum atomic E-state index is 12.4. The van der Waals surface area contributed by atoms with Crippen LogP contribution in [0.5, 0.6) is 0 Å². The Bertz CT molecular complexity index is 692. The molecular weight excluding hydrogens is 304 g/mol. The minimum atomic E-state index is -0.241. The minimum Gasteiger partial charge on any atom is -0.393 e. The smallest absolute Gasteiger partial charge is 0.242 e. The number of nitrogens with two attached hydrogens (primary N) is 1. The molecule has 0 bridgehead atoms. The Morgan fingerprint density at radius 1 is 1.42 bits per heavy atom. The molecule has 0 spiro atoms. The molecule has 1 aliphatic carbocycles. The highest BCUT2D eigenvalue weighted by Crippen LogP contribution is 2.31. The van der Waals surface area contributed by atoms with Crippen LogP contribution in [0.3, 0.4) is 0 Å². The van der Waals surface area contributed by atoms with Crippen molar-refractivity contribution in [2.45, 2.75) is 44.9 Å². The molecule has 1 aromatic heterocycles. The van der Waals surface area contributed by atoms with Gasteiger partial charge in [-0.1, -0.05) is 30.3 Å². The van der Waals surface area contributed by atoms with Crippen molar-refractivity contribution in [2.75, 3.05) is 5.73 Å². The van der Waals surface area contributed by atoms with Gasteiger partial charge in [-0.25, -0.2) is 4.68 Å². The lowest BCUT2D eigenvalue weighted by molar-refractivity contribution is -0.123. The van der Waals surface area contributed by atoms with E-state index in [0.29, 0.717) is 11.7 Å². The summed E-state index contributed by atoms with van der Waals surface area (Å²) in [6, 6.07) is 11.9. The summed E-state index contributed by atoms with van der Waals surface area (Å²) in [5.74, 6) is 0.689. The van der Waals surface area contributed by atoms with Crippen LogP contribution in [0.2, 0.25) is 0 Å². The van der Waals surface area contributed by atoms with Gasteiger partial charge in [0.15, 0.2) is 0 Å². The maximum Gasteiger partial charge on any atom is 0.242 e. The normalized spacial score (nSPS) is 21.1. The Morgan fingerprint density at radius 3 is 2.71 bits per heavy atom. The van der Waals surface area contributed by atoms with E-state index >= 15 is 0 Å².